The molecule has 0 spiro atoms. The Morgan fingerprint density at radius 3 is 2.53 bits per heavy atom. The highest BCUT2D eigenvalue weighted by Crippen LogP contribution is 2.20. The minimum absolute atomic E-state index is 0.150. The van der Waals surface area contributed by atoms with Crippen LogP contribution in [0.15, 0.2) is 29.2 Å². The predicted molar refractivity (Wildman–Crippen MR) is 58.1 cm³/mol. The van der Waals surface area contributed by atoms with Gasteiger partial charge < -0.3 is 10.6 Å². The van der Waals surface area contributed by atoms with Crippen molar-refractivity contribution in [3.63, 3.8) is 0 Å². The second-order valence-electron chi connectivity index (χ2n) is 3.54. The zero-order chi connectivity index (χ0) is 10.9. The fraction of sp³-hybridized carbons (Fsp3) is 0.333. The van der Waals surface area contributed by atoms with Crippen molar-refractivity contribution in [2.24, 2.45) is 5.14 Å². The molecule has 0 unspecified atom stereocenters. The molecule has 0 radical (unpaired) electrons. The van der Waals surface area contributed by atoms with Crippen molar-refractivity contribution in [3.05, 3.63) is 24.3 Å². The van der Waals surface area contributed by atoms with Gasteiger partial charge in [0, 0.05) is 13.1 Å². The summed E-state index contributed by atoms with van der Waals surface area (Å²) < 4.78 is 22.5. The number of rotatable bonds is 3. The Bertz CT molecular complexity index is 454. The highest BCUT2D eigenvalue weighted by Gasteiger charge is 2.19. The molecule has 0 saturated carbocycles. The number of nitrogens with two attached hydrogens (primary N) is 1. The molecule has 1 aromatic carbocycles. The predicted octanol–water partition coefficient (Wildman–Crippen LogP) is -0.282. The Hall–Kier alpha value is -1.11. The summed E-state index contributed by atoms with van der Waals surface area (Å²) in [6.07, 6.45) is 0. The second kappa shape index (κ2) is 3.80. The van der Waals surface area contributed by atoms with Gasteiger partial charge in [0.2, 0.25) is 10.0 Å². The van der Waals surface area contributed by atoms with Crippen molar-refractivity contribution in [3.8, 4) is 0 Å². The van der Waals surface area contributed by atoms with Crippen molar-refractivity contribution in [2.75, 3.05) is 18.4 Å². The highest BCUT2D eigenvalue weighted by atomic mass is 32.2. The van der Waals surface area contributed by atoms with Gasteiger partial charge in [-0.05, 0) is 12.1 Å². The molecule has 15 heavy (non-hydrogen) atoms. The van der Waals surface area contributed by atoms with Gasteiger partial charge in [0.05, 0.1) is 11.7 Å². The Morgan fingerprint density at radius 2 is 2.00 bits per heavy atom. The molecule has 5 nitrogen and oxygen atoms in total. The number of hydrogen-bond acceptors (Lipinski definition) is 4. The van der Waals surface area contributed by atoms with Crippen LogP contribution in [0.25, 0.3) is 0 Å². The molecule has 0 aromatic heterocycles. The molecule has 2 rings (SSSR count). The monoisotopic (exact) mass is 227 g/mol. The van der Waals surface area contributed by atoms with E-state index in [4.69, 9.17) is 5.14 Å². The van der Waals surface area contributed by atoms with Gasteiger partial charge in [-0.2, -0.15) is 0 Å². The molecule has 82 valence electrons. The van der Waals surface area contributed by atoms with E-state index >= 15 is 0 Å². The molecule has 1 saturated heterocycles. The summed E-state index contributed by atoms with van der Waals surface area (Å²) in [5.41, 5.74) is 0.575. The molecule has 4 N–H and O–H groups in total. The first kappa shape index (κ1) is 10.4. The molecule has 1 heterocycles. The Morgan fingerprint density at radius 1 is 1.33 bits per heavy atom. The van der Waals surface area contributed by atoms with Gasteiger partial charge in [-0.1, -0.05) is 12.1 Å². The van der Waals surface area contributed by atoms with Gasteiger partial charge in [-0.3, -0.25) is 0 Å². The van der Waals surface area contributed by atoms with Gasteiger partial charge >= 0.3 is 0 Å². The van der Waals surface area contributed by atoms with Crippen LogP contribution in [0, 0.1) is 0 Å². The SMILES string of the molecule is NS(=O)(=O)c1ccccc1NC1CNC1. The topological polar surface area (TPSA) is 84.2 Å². The lowest BCUT2D eigenvalue weighted by Crippen LogP contribution is -2.51. The third-order valence-corrected chi connectivity index (χ3v) is 3.30. The maximum atomic E-state index is 11.3. The molecular weight excluding hydrogens is 214 g/mol. The van der Waals surface area contributed by atoms with Crippen LogP contribution >= 0.6 is 0 Å². The first-order valence-corrected chi connectivity index (χ1v) is 6.21. The zero-order valence-electron chi connectivity index (χ0n) is 8.10. The Labute approximate surface area is 88.7 Å². The highest BCUT2D eigenvalue weighted by molar-refractivity contribution is 7.89. The largest absolute Gasteiger partial charge is 0.379 e. The van der Waals surface area contributed by atoms with Crippen molar-refractivity contribution >= 4 is 15.7 Å². The van der Waals surface area contributed by atoms with Gasteiger partial charge in [-0.25, -0.2) is 13.6 Å². The summed E-state index contributed by atoms with van der Waals surface area (Å²) in [5, 5.41) is 11.3. The Balaban J connectivity index is 2.29. The standard InChI is InChI=1S/C9H13N3O2S/c10-15(13,14)9-4-2-1-3-8(9)12-7-5-11-6-7/h1-4,7,11-12H,5-6H2,(H2,10,13,14). The summed E-state index contributed by atoms with van der Waals surface area (Å²) in [6.45, 7) is 1.69. The van der Waals surface area contributed by atoms with E-state index in [1.54, 1.807) is 18.2 Å². The van der Waals surface area contributed by atoms with E-state index < -0.39 is 10.0 Å². The van der Waals surface area contributed by atoms with E-state index in [1.807, 2.05) is 0 Å². The van der Waals surface area contributed by atoms with Crippen molar-refractivity contribution in [1.29, 1.82) is 0 Å². The number of para-hydroxylation sites is 1. The Kier molecular flexibility index (Phi) is 2.64. The van der Waals surface area contributed by atoms with Crippen LogP contribution in [0.2, 0.25) is 0 Å². The summed E-state index contributed by atoms with van der Waals surface area (Å²) in [4.78, 5) is 0.150. The maximum absolute atomic E-state index is 11.3. The summed E-state index contributed by atoms with van der Waals surface area (Å²) in [6, 6.07) is 6.95. The normalized spacial score (nSPS) is 17.1. The fourth-order valence-corrected chi connectivity index (χ4v) is 2.15. The average molecular weight is 227 g/mol. The molecule has 1 aromatic rings. The first-order chi connectivity index (χ1) is 7.07. The van der Waals surface area contributed by atoms with Gasteiger partial charge in [0.25, 0.3) is 0 Å². The number of anilines is 1. The van der Waals surface area contributed by atoms with Gasteiger partial charge in [-0.15, -0.1) is 0 Å². The van der Waals surface area contributed by atoms with Crippen molar-refractivity contribution < 1.29 is 8.42 Å². The third kappa shape index (κ3) is 2.28. The van der Waals surface area contributed by atoms with Crippen LogP contribution in [0.5, 0.6) is 0 Å². The van der Waals surface area contributed by atoms with Crippen LogP contribution < -0.4 is 15.8 Å². The molecule has 1 fully saturated rings. The van der Waals surface area contributed by atoms with Gasteiger partial charge in [0.1, 0.15) is 4.90 Å². The van der Waals surface area contributed by atoms with Gasteiger partial charge in [0.15, 0.2) is 0 Å². The lowest BCUT2D eigenvalue weighted by atomic mass is 10.1. The molecule has 0 aliphatic carbocycles. The molecule has 6 heteroatoms. The summed E-state index contributed by atoms with van der Waals surface area (Å²) >= 11 is 0. The number of hydrogen-bond donors (Lipinski definition) is 3. The van der Waals surface area contributed by atoms with Crippen LogP contribution in [-0.4, -0.2) is 27.5 Å². The zero-order valence-corrected chi connectivity index (χ0v) is 8.92. The smallest absolute Gasteiger partial charge is 0.240 e. The molecule has 0 bridgehead atoms. The first-order valence-electron chi connectivity index (χ1n) is 4.66. The lowest BCUT2D eigenvalue weighted by molar-refractivity contribution is 0.471. The molecule has 1 aliphatic heterocycles. The van der Waals surface area contributed by atoms with E-state index in [-0.39, 0.29) is 10.9 Å². The number of benzene rings is 1. The van der Waals surface area contributed by atoms with E-state index in [9.17, 15) is 8.42 Å². The summed E-state index contributed by atoms with van der Waals surface area (Å²) in [7, 11) is -3.65. The molecule has 0 amide bonds. The quantitative estimate of drug-likeness (QED) is 0.663. The number of sulfonamides is 1. The third-order valence-electron chi connectivity index (χ3n) is 2.33. The minimum atomic E-state index is -3.65. The minimum Gasteiger partial charge on any atom is -0.379 e. The van der Waals surface area contributed by atoms with Crippen LogP contribution in [0.1, 0.15) is 0 Å². The van der Waals surface area contributed by atoms with E-state index in [2.05, 4.69) is 10.6 Å². The summed E-state index contributed by atoms with van der Waals surface area (Å²) in [5.74, 6) is 0. The van der Waals surface area contributed by atoms with Crippen LogP contribution in [0.3, 0.4) is 0 Å². The van der Waals surface area contributed by atoms with Crippen molar-refractivity contribution in [2.45, 2.75) is 10.9 Å². The van der Waals surface area contributed by atoms with E-state index in [1.165, 1.54) is 6.07 Å². The number of nitrogens with one attached hydrogen (secondary N) is 2. The second-order valence-corrected chi connectivity index (χ2v) is 5.07. The van der Waals surface area contributed by atoms with E-state index in [0.717, 1.165) is 13.1 Å². The average Bonchev–Trinajstić information content (AvgIpc) is 2.10. The molecule has 0 atom stereocenters. The maximum Gasteiger partial charge on any atom is 0.240 e. The molecular formula is C9H13N3O2S. The fourth-order valence-electron chi connectivity index (χ4n) is 1.44. The van der Waals surface area contributed by atoms with Crippen LogP contribution in [-0.2, 0) is 10.0 Å². The lowest BCUT2D eigenvalue weighted by Gasteiger charge is -2.29. The van der Waals surface area contributed by atoms with Crippen LogP contribution in [0.4, 0.5) is 5.69 Å². The molecule has 1 aliphatic rings. The number of primary sulfonamides is 1. The van der Waals surface area contributed by atoms with Crippen molar-refractivity contribution in [1.82, 2.24) is 5.32 Å². The van der Waals surface area contributed by atoms with E-state index in [0.29, 0.717) is 5.69 Å².